The minimum absolute atomic E-state index is 0.0618. The van der Waals surface area contributed by atoms with Gasteiger partial charge in [0.05, 0.1) is 11.4 Å². The third-order valence-electron chi connectivity index (χ3n) is 3.14. The molecule has 0 fully saturated rings. The Labute approximate surface area is 143 Å². The van der Waals surface area contributed by atoms with Crippen LogP contribution in [0, 0.1) is 5.82 Å². The maximum Gasteiger partial charge on any atom is 0.264 e. The van der Waals surface area contributed by atoms with Gasteiger partial charge in [-0.1, -0.05) is 23.7 Å². The predicted molar refractivity (Wildman–Crippen MR) is 87.8 cm³/mol. The molecule has 24 heavy (non-hydrogen) atoms. The second-order valence-electron chi connectivity index (χ2n) is 4.95. The average Bonchev–Trinajstić information content (AvgIpc) is 2.96. The summed E-state index contributed by atoms with van der Waals surface area (Å²) in [4.78, 5) is 3.85. The van der Waals surface area contributed by atoms with Gasteiger partial charge in [-0.25, -0.2) is 22.2 Å². The van der Waals surface area contributed by atoms with Gasteiger partial charge >= 0.3 is 0 Å². The molecule has 9 heteroatoms. The zero-order chi connectivity index (χ0) is 17.2. The van der Waals surface area contributed by atoms with Crippen molar-refractivity contribution >= 4 is 27.6 Å². The minimum atomic E-state index is -3.87. The maximum atomic E-state index is 12.9. The Kier molecular flexibility index (Phi) is 4.50. The largest absolute Gasteiger partial charge is 0.264 e. The van der Waals surface area contributed by atoms with E-state index in [-0.39, 0.29) is 10.8 Å². The second-order valence-corrected chi connectivity index (χ2v) is 7.07. The van der Waals surface area contributed by atoms with E-state index in [1.807, 2.05) is 12.1 Å². The average molecular weight is 367 g/mol. The molecule has 0 amide bonds. The van der Waals surface area contributed by atoms with E-state index in [1.54, 1.807) is 12.1 Å². The lowest BCUT2D eigenvalue weighted by Crippen LogP contribution is -2.14. The van der Waals surface area contributed by atoms with E-state index >= 15 is 0 Å². The van der Waals surface area contributed by atoms with Crippen molar-refractivity contribution in [2.45, 2.75) is 11.4 Å². The lowest BCUT2D eigenvalue weighted by atomic mass is 10.2. The van der Waals surface area contributed by atoms with Gasteiger partial charge in [0.1, 0.15) is 12.1 Å². The van der Waals surface area contributed by atoms with Gasteiger partial charge in [-0.3, -0.25) is 0 Å². The number of sulfonamides is 1. The molecule has 0 atom stereocenters. The molecule has 1 heterocycles. The van der Waals surface area contributed by atoms with Crippen LogP contribution >= 0.6 is 11.6 Å². The molecule has 3 rings (SSSR count). The van der Waals surface area contributed by atoms with Crippen LogP contribution in [0.25, 0.3) is 0 Å². The van der Waals surface area contributed by atoms with Crippen LogP contribution in [0.4, 0.5) is 10.3 Å². The van der Waals surface area contributed by atoms with Crippen molar-refractivity contribution in [1.82, 2.24) is 14.8 Å². The molecule has 0 aliphatic carbocycles. The summed E-state index contributed by atoms with van der Waals surface area (Å²) < 4.78 is 41.0. The molecule has 0 bridgehead atoms. The van der Waals surface area contributed by atoms with Crippen LogP contribution in [0.2, 0.25) is 5.02 Å². The summed E-state index contributed by atoms with van der Waals surface area (Å²) in [5.41, 5.74) is 0.942. The zero-order valence-electron chi connectivity index (χ0n) is 12.2. The van der Waals surface area contributed by atoms with E-state index < -0.39 is 15.8 Å². The first-order valence-corrected chi connectivity index (χ1v) is 8.71. The lowest BCUT2D eigenvalue weighted by molar-refractivity contribution is 0.599. The van der Waals surface area contributed by atoms with Crippen molar-refractivity contribution < 1.29 is 12.8 Å². The van der Waals surface area contributed by atoms with Crippen LogP contribution in [-0.4, -0.2) is 23.2 Å². The molecule has 124 valence electrons. The monoisotopic (exact) mass is 366 g/mol. The van der Waals surface area contributed by atoms with Crippen molar-refractivity contribution in [3.8, 4) is 0 Å². The summed E-state index contributed by atoms with van der Waals surface area (Å²) in [6.07, 6.45) is 1.41. The molecule has 0 saturated carbocycles. The fraction of sp³-hybridized carbons (Fsp3) is 0.0667. The van der Waals surface area contributed by atoms with E-state index in [1.165, 1.54) is 23.1 Å². The van der Waals surface area contributed by atoms with Crippen LogP contribution in [0.5, 0.6) is 0 Å². The molecule has 0 unspecified atom stereocenters. The highest BCUT2D eigenvalue weighted by Crippen LogP contribution is 2.14. The highest BCUT2D eigenvalue weighted by Gasteiger charge is 2.16. The number of aromatic nitrogens is 3. The summed E-state index contributed by atoms with van der Waals surface area (Å²) in [6.45, 7) is 0.419. The van der Waals surface area contributed by atoms with Crippen molar-refractivity contribution in [2.75, 3.05) is 4.72 Å². The molecule has 1 N–H and O–H groups in total. The fourth-order valence-electron chi connectivity index (χ4n) is 1.99. The van der Waals surface area contributed by atoms with E-state index in [0.29, 0.717) is 11.6 Å². The Morgan fingerprint density at radius 3 is 2.42 bits per heavy atom. The first-order chi connectivity index (χ1) is 11.4. The van der Waals surface area contributed by atoms with Gasteiger partial charge in [-0.2, -0.15) is 4.98 Å². The topological polar surface area (TPSA) is 76.9 Å². The van der Waals surface area contributed by atoms with Crippen LogP contribution < -0.4 is 4.72 Å². The van der Waals surface area contributed by atoms with E-state index in [0.717, 1.165) is 17.7 Å². The van der Waals surface area contributed by atoms with Gasteiger partial charge in [0.25, 0.3) is 16.0 Å². The number of halogens is 2. The first-order valence-electron chi connectivity index (χ1n) is 6.85. The number of nitrogens with one attached hydrogen (secondary N) is 1. The first kappa shape index (κ1) is 16.4. The van der Waals surface area contributed by atoms with Crippen molar-refractivity contribution in [1.29, 1.82) is 0 Å². The number of nitrogens with zero attached hydrogens (tertiary/aromatic N) is 3. The van der Waals surface area contributed by atoms with Crippen LogP contribution in [0.3, 0.4) is 0 Å². The van der Waals surface area contributed by atoms with Gasteiger partial charge in [-0.05, 0) is 42.0 Å². The quantitative estimate of drug-likeness (QED) is 0.753. The number of rotatable bonds is 5. The molecule has 0 aliphatic heterocycles. The summed E-state index contributed by atoms with van der Waals surface area (Å²) >= 11 is 5.82. The highest BCUT2D eigenvalue weighted by molar-refractivity contribution is 7.92. The number of anilines is 1. The Morgan fingerprint density at radius 2 is 1.75 bits per heavy atom. The third kappa shape index (κ3) is 3.90. The van der Waals surface area contributed by atoms with E-state index in [9.17, 15) is 12.8 Å². The Balaban J connectivity index is 1.73. The van der Waals surface area contributed by atoms with Crippen LogP contribution in [0.15, 0.2) is 59.8 Å². The lowest BCUT2D eigenvalue weighted by Gasteiger charge is -2.04. The number of hydrogen-bond acceptors (Lipinski definition) is 4. The Morgan fingerprint density at radius 1 is 1.08 bits per heavy atom. The normalized spacial score (nSPS) is 11.4. The van der Waals surface area contributed by atoms with Crippen molar-refractivity contribution in [3.05, 3.63) is 71.3 Å². The standard InChI is InChI=1S/C15H12ClFN4O2S/c16-12-3-1-11(2-4-12)9-21-10-18-15(19-21)20-24(22,23)14-7-5-13(17)6-8-14/h1-8,10H,9H2,(H,19,20). The molecule has 0 radical (unpaired) electrons. The maximum absolute atomic E-state index is 12.9. The molecule has 0 aliphatic rings. The zero-order valence-corrected chi connectivity index (χ0v) is 13.8. The SMILES string of the molecule is O=S(=O)(Nc1ncn(Cc2ccc(Cl)cc2)n1)c1ccc(F)cc1. The Bertz CT molecular complexity index is 940. The minimum Gasteiger partial charge on any atom is -0.246 e. The summed E-state index contributed by atoms with van der Waals surface area (Å²) in [5.74, 6) is -0.576. The molecule has 6 nitrogen and oxygen atoms in total. The van der Waals surface area contributed by atoms with E-state index in [2.05, 4.69) is 14.8 Å². The van der Waals surface area contributed by atoms with Crippen LogP contribution in [0.1, 0.15) is 5.56 Å². The van der Waals surface area contributed by atoms with Crippen molar-refractivity contribution in [2.24, 2.45) is 0 Å². The number of hydrogen-bond donors (Lipinski definition) is 1. The predicted octanol–water partition coefficient (Wildman–Crippen LogP) is 2.92. The summed E-state index contributed by atoms with van der Waals surface area (Å²) in [5, 5.41) is 4.69. The van der Waals surface area contributed by atoms with Gasteiger partial charge in [-0.15, -0.1) is 5.10 Å². The molecular weight excluding hydrogens is 355 g/mol. The van der Waals surface area contributed by atoms with Gasteiger partial charge in [0, 0.05) is 5.02 Å². The molecule has 2 aromatic carbocycles. The molecule has 0 saturated heterocycles. The molecular formula is C15H12ClFN4O2S. The Hall–Kier alpha value is -2.45. The van der Waals surface area contributed by atoms with Crippen molar-refractivity contribution in [3.63, 3.8) is 0 Å². The third-order valence-corrected chi connectivity index (χ3v) is 4.74. The fourth-order valence-corrected chi connectivity index (χ4v) is 3.06. The second kappa shape index (κ2) is 6.58. The number of benzene rings is 2. The molecule has 3 aromatic rings. The molecule has 0 spiro atoms. The van der Waals surface area contributed by atoms with Gasteiger partial charge in [0.15, 0.2) is 0 Å². The highest BCUT2D eigenvalue weighted by atomic mass is 35.5. The van der Waals surface area contributed by atoms with Crippen LogP contribution in [-0.2, 0) is 16.6 Å². The molecule has 1 aromatic heterocycles. The summed E-state index contributed by atoms with van der Waals surface area (Å²) in [7, 11) is -3.87. The van der Waals surface area contributed by atoms with E-state index in [4.69, 9.17) is 11.6 Å². The van der Waals surface area contributed by atoms with Gasteiger partial charge < -0.3 is 0 Å². The van der Waals surface area contributed by atoms with Gasteiger partial charge in [0.2, 0.25) is 0 Å². The summed E-state index contributed by atoms with van der Waals surface area (Å²) in [6, 6.07) is 11.7. The smallest absolute Gasteiger partial charge is 0.246 e.